The number of carbonyl (C=O) groups is 1. The number of ether oxygens (including phenoxy) is 1. The predicted octanol–water partition coefficient (Wildman–Crippen LogP) is 1.63. The summed E-state index contributed by atoms with van der Waals surface area (Å²) in [5.74, 6) is 0.838. The third-order valence-electron chi connectivity index (χ3n) is 3.25. The lowest BCUT2D eigenvalue weighted by atomic mass is 10.2. The maximum atomic E-state index is 12.0. The summed E-state index contributed by atoms with van der Waals surface area (Å²) < 4.78 is 5.37. The molecule has 6 nitrogen and oxygen atoms in total. The molecule has 0 atom stereocenters. The predicted molar refractivity (Wildman–Crippen MR) is 80.2 cm³/mol. The number of amides is 1. The summed E-state index contributed by atoms with van der Waals surface area (Å²) in [7, 11) is 0. The summed E-state index contributed by atoms with van der Waals surface area (Å²) in [6, 6.07) is 3.67. The number of nitrogens with zero attached hydrogens (tertiary/aromatic N) is 3. The van der Waals surface area contributed by atoms with Gasteiger partial charge in [0.05, 0.1) is 6.61 Å². The average Bonchev–Trinajstić information content (AvgIpc) is 2.46. The molecule has 0 aromatic carbocycles. The van der Waals surface area contributed by atoms with E-state index in [4.69, 9.17) is 9.84 Å². The first-order valence-electron chi connectivity index (χ1n) is 7.18. The Morgan fingerprint density at radius 2 is 2.00 bits per heavy atom. The minimum absolute atomic E-state index is 0.00733. The van der Waals surface area contributed by atoms with Crippen molar-refractivity contribution in [1.29, 1.82) is 0 Å². The third kappa shape index (κ3) is 4.32. The Morgan fingerprint density at radius 3 is 2.57 bits per heavy atom. The molecule has 2 heterocycles. The number of carbonyl (C=O) groups excluding carboxylic acids is 1. The Kier molecular flexibility index (Phi) is 4.67. The summed E-state index contributed by atoms with van der Waals surface area (Å²) in [6.45, 7) is 8.25. The molecule has 1 N–H and O–H groups in total. The maximum absolute atomic E-state index is 12.0. The van der Waals surface area contributed by atoms with Gasteiger partial charge in [0.2, 0.25) is 0 Å². The zero-order valence-electron chi connectivity index (χ0n) is 12.9. The molecule has 0 spiro atoms. The summed E-state index contributed by atoms with van der Waals surface area (Å²) in [5.41, 5.74) is 0.375. The lowest BCUT2D eigenvalue weighted by Gasteiger charge is -2.36. The van der Waals surface area contributed by atoms with Crippen LogP contribution < -0.4 is 4.90 Å². The van der Waals surface area contributed by atoms with Gasteiger partial charge in [0, 0.05) is 32.4 Å². The van der Waals surface area contributed by atoms with Crippen LogP contribution in [0.15, 0.2) is 18.3 Å². The molecule has 1 saturated heterocycles. The first-order valence-corrected chi connectivity index (χ1v) is 7.18. The van der Waals surface area contributed by atoms with E-state index in [0.29, 0.717) is 26.2 Å². The van der Waals surface area contributed by atoms with Gasteiger partial charge in [-0.25, -0.2) is 9.78 Å². The average molecular weight is 293 g/mol. The molecule has 6 heteroatoms. The lowest BCUT2D eigenvalue weighted by molar-refractivity contribution is 0.0240. The molecule has 2 rings (SSSR count). The van der Waals surface area contributed by atoms with Gasteiger partial charge in [-0.1, -0.05) is 0 Å². The van der Waals surface area contributed by atoms with E-state index in [-0.39, 0.29) is 12.7 Å². The van der Waals surface area contributed by atoms with Crippen LogP contribution >= 0.6 is 0 Å². The molecule has 21 heavy (non-hydrogen) atoms. The van der Waals surface area contributed by atoms with Gasteiger partial charge in [-0.2, -0.15) is 0 Å². The van der Waals surface area contributed by atoms with E-state index in [1.807, 2.05) is 26.8 Å². The highest BCUT2D eigenvalue weighted by molar-refractivity contribution is 5.68. The van der Waals surface area contributed by atoms with Crippen LogP contribution in [0.5, 0.6) is 0 Å². The maximum Gasteiger partial charge on any atom is 0.410 e. The van der Waals surface area contributed by atoms with Crippen molar-refractivity contribution in [3.63, 3.8) is 0 Å². The molecule has 1 aliphatic rings. The van der Waals surface area contributed by atoms with Crippen LogP contribution in [0.1, 0.15) is 26.3 Å². The topological polar surface area (TPSA) is 65.9 Å². The fourth-order valence-corrected chi connectivity index (χ4v) is 2.18. The number of piperazine rings is 1. The monoisotopic (exact) mass is 293 g/mol. The van der Waals surface area contributed by atoms with Gasteiger partial charge in [0.1, 0.15) is 11.4 Å². The normalized spacial score (nSPS) is 16.0. The summed E-state index contributed by atoms with van der Waals surface area (Å²) in [5, 5.41) is 9.17. The number of aliphatic hydroxyl groups is 1. The number of anilines is 1. The van der Waals surface area contributed by atoms with Crippen molar-refractivity contribution in [3.8, 4) is 0 Å². The van der Waals surface area contributed by atoms with Gasteiger partial charge in [-0.05, 0) is 38.5 Å². The molecule has 1 aromatic rings. The van der Waals surface area contributed by atoms with Gasteiger partial charge >= 0.3 is 6.09 Å². The standard InChI is InChI=1S/C15H23N3O3/c1-15(2,3)21-14(20)18-8-6-17(7-9-18)13-10-12(11-19)4-5-16-13/h4-5,10,19H,6-9,11H2,1-3H3. The number of hydrogen-bond acceptors (Lipinski definition) is 5. The lowest BCUT2D eigenvalue weighted by Crippen LogP contribution is -2.50. The molecule has 1 amide bonds. The van der Waals surface area contributed by atoms with Crippen LogP contribution in [0.25, 0.3) is 0 Å². The first kappa shape index (κ1) is 15.6. The number of aromatic nitrogens is 1. The van der Waals surface area contributed by atoms with Gasteiger partial charge in [0.15, 0.2) is 0 Å². The Morgan fingerprint density at radius 1 is 1.33 bits per heavy atom. The smallest absolute Gasteiger partial charge is 0.410 e. The second-order valence-electron chi connectivity index (χ2n) is 6.13. The van der Waals surface area contributed by atoms with Crippen LogP contribution in [0.4, 0.5) is 10.6 Å². The zero-order valence-corrected chi connectivity index (χ0v) is 12.9. The summed E-state index contributed by atoms with van der Waals surface area (Å²) in [4.78, 5) is 20.1. The van der Waals surface area contributed by atoms with Gasteiger partial charge in [-0.15, -0.1) is 0 Å². The van der Waals surface area contributed by atoms with Crippen LogP contribution in [-0.4, -0.2) is 52.9 Å². The minimum atomic E-state index is -0.467. The van der Waals surface area contributed by atoms with Crippen molar-refractivity contribution in [2.24, 2.45) is 0 Å². The van der Waals surface area contributed by atoms with Crippen molar-refractivity contribution in [1.82, 2.24) is 9.88 Å². The van der Waals surface area contributed by atoms with E-state index in [1.165, 1.54) is 0 Å². The molecular weight excluding hydrogens is 270 g/mol. The van der Waals surface area contributed by atoms with Crippen molar-refractivity contribution < 1.29 is 14.6 Å². The highest BCUT2D eigenvalue weighted by Gasteiger charge is 2.26. The fraction of sp³-hybridized carbons (Fsp3) is 0.600. The van der Waals surface area contributed by atoms with Crippen molar-refractivity contribution >= 4 is 11.9 Å². The fourth-order valence-electron chi connectivity index (χ4n) is 2.18. The van der Waals surface area contributed by atoms with Crippen LogP contribution in [0.2, 0.25) is 0 Å². The Hall–Kier alpha value is -1.82. The van der Waals surface area contributed by atoms with Crippen molar-refractivity contribution in [3.05, 3.63) is 23.9 Å². The molecule has 1 aromatic heterocycles. The van der Waals surface area contributed by atoms with Crippen LogP contribution in [0, 0.1) is 0 Å². The Balaban J connectivity index is 1.92. The van der Waals surface area contributed by atoms with Crippen LogP contribution in [-0.2, 0) is 11.3 Å². The molecule has 0 unspecified atom stereocenters. The van der Waals surface area contributed by atoms with E-state index < -0.39 is 5.60 Å². The SMILES string of the molecule is CC(C)(C)OC(=O)N1CCN(c2cc(CO)ccn2)CC1. The zero-order chi connectivity index (χ0) is 15.5. The quantitative estimate of drug-likeness (QED) is 0.898. The third-order valence-corrected chi connectivity index (χ3v) is 3.25. The van der Waals surface area contributed by atoms with Gasteiger partial charge < -0.3 is 19.6 Å². The number of aliphatic hydroxyl groups excluding tert-OH is 1. The van der Waals surface area contributed by atoms with Gasteiger partial charge in [0.25, 0.3) is 0 Å². The van der Waals surface area contributed by atoms with Crippen molar-refractivity contribution in [2.45, 2.75) is 33.0 Å². The minimum Gasteiger partial charge on any atom is -0.444 e. The number of pyridine rings is 1. The Labute approximate surface area is 125 Å². The van der Waals surface area contributed by atoms with Crippen molar-refractivity contribution in [2.75, 3.05) is 31.1 Å². The molecule has 0 aliphatic carbocycles. The van der Waals surface area contributed by atoms with E-state index in [2.05, 4.69) is 9.88 Å². The highest BCUT2D eigenvalue weighted by atomic mass is 16.6. The molecule has 0 bridgehead atoms. The van der Waals surface area contributed by atoms with E-state index in [9.17, 15) is 4.79 Å². The molecule has 1 aliphatic heterocycles. The molecular formula is C15H23N3O3. The Bertz CT molecular complexity index is 491. The van der Waals surface area contributed by atoms with E-state index >= 15 is 0 Å². The number of rotatable bonds is 2. The summed E-state index contributed by atoms with van der Waals surface area (Å²) >= 11 is 0. The second-order valence-corrected chi connectivity index (χ2v) is 6.13. The second kappa shape index (κ2) is 6.30. The van der Waals surface area contributed by atoms with Crippen LogP contribution in [0.3, 0.4) is 0 Å². The molecule has 0 saturated carbocycles. The molecule has 116 valence electrons. The number of hydrogen-bond donors (Lipinski definition) is 1. The van der Waals surface area contributed by atoms with E-state index in [0.717, 1.165) is 11.4 Å². The molecule has 1 fully saturated rings. The largest absolute Gasteiger partial charge is 0.444 e. The van der Waals surface area contributed by atoms with Gasteiger partial charge in [-0.3, -0.25) is 0 Å². The first-order chi connectivity index (χ1) is 9.89. The molecule has 0 radical (unpaired) electrons. The van der Waals surface area contributed by atoms with E-state index in [1.54, 1.807) is 17.2 Å². The highest BCUT2D eigenvalue weighted by Crippen LogP contribution is 2.17. The summed E-state index contributed by atoms with van der Waals surface area (Å²) in [6.07, 6.45) is 1.43.